The largest absolute Gasteiger partial charge is 0.460 e. The molecule has 0 saturated carbocycles. The number of hydrogen-bond donors (Lipinski definition) is 1. The molecule has 9 heteroatoms. The first-order valence-corrected chi connectivity index (χ1v) is 9.45. The first-order valence-electron chi connectivity index (χ1n) is 7.97. The second-order valence-corrected chi connectivity index (χ2v) is 8.31. The number of nitrogens with one attached hydrogen (secondary N) is 1. The number of carbonyl (C=O) groups is 1. The summed E-state index contributed by atoms with van der Waals surface area (Å²) in [6.07, 6.45) is 2.18. The molecular formula is C16H24N2O6S. The van der Waals surface area contributed by atoms with Crippen LogP contribution in [0.1, 0.15) is 46.5 Å². The molecule has 8 nitrogen and oxygen atoms in total. The van der Waals surface area contributed by atoms with Gasteiger partial charge < -0.3 is 4.74 Å². The van der Waals surface area contributed by atoms with Gasteiger partial charge in [-0.2, -0.15) is 0 Å². The Hall–Kier alpha value is -2.00. The van der Waals surface area contributed by atoms with Crippen molar-refractivity contribution >= 4 is 21.7 Å². The van der Waals surface area contributed by atoms with E-state index in [1.165, 1.54) is 12.1 Å². The minimum absolute atomic E-state index is 0.0214. The van der Waals surface area contributed by atoms with Gasteiger partial charge in [0, 0.05) is 25.1 Å². The number of non-ortho nitro benzene ring substituents is 1. The average Bonchev–Trinajstić information content (AvgIpc) is 2.49. The fourth-order valence-electron chi connectivity index (χ4n) is 2.00. The van der Waals surface area contributed by atoms with Gasteiger partial charge in [0.05, 0.1) is 9.82 Å². The molecule has 0 bridgehead atoms. The second kappa shape index (κ2) is 8.91. The highest BCUT2D eigenvalue weighted by Gasteiger charge is 2.16. The number of hydrogen-bond acceptors (Lipinski definition) is 6. The topological polar surface area (TPSA) is 116 Å². The SMILES string of the molecule is CC(C)(C)OC(=O)CCCCCNS(=O)(=O)c1ccc([N+](=O)[O-])cc1. The monoisotopic (exact) mass is 372 g/mol. The number of nitro benzene ring substituents is 1. The second-order valence-electron chi connectivity index (χ2n) is 6.55. The van der Waals surface area contributed by atoms with E-state index in [0.717, 1.165) is 12.1 Å². The fraction of sp³-hybridized carbons (Fsp3) is 0.562. The van der Waals surface area contributed by atoms with Crippen molar-refractivity contribution in [1.29, 1.82) is 0 Å². The summed E-state index contributed by atoms with van der Waals surface area (Å²) in [7, 11) is -3.69. The number of ether oxygens (including phenoxy) is 1. The number of nitrogens with zero attached hydrogens (tertiary/aromatic N) is 1. The van der Waals surface area contributed by atoms with Crippen molar-refractivity contribution in [2.24, 2.45) is 0 Å². The molecule has 0 fully saturated rings. The lowest BCUT2D eigenvalue weighted by molar-refractivity contribution is -0.384. The third-order valence-corrected chi connectivity index (χ3v) is 4.60. The van der Waals surface area contributed by atoms with Gasteiger partial charge in [-0.3, -0.25) is 14.9 Å². The van der Waals surface area contributed by atoms with E-state index >= 15 is 0 Å². The Morgan fingerprint density at radius 1 is 1.16 bits per heavy atom. The van der Waals surface area contributed by atoms with Crippen LogP contribution in [0.2, 0.25) is 0 Å². The smallest absolute Gasteiger partial charge is 0.306 e. The lowest BCUT2D eigenvalue weighted by atomic mass is 10.1. The highest BCUT2D eigenvalue weighted by Crippen LogP contribution is 2.16. The van der Waals surface area contributed by atoms with E-state index in [1.54, 1.807) is 20.8 Å². The van der Waals surface area contributed by atoms with Crippen LogP contribution in [0.25, 0.3) is 0 Å². The first-order chi connectivity index (χ1) is 11.5. The zero-order valence-electron chi connectivity index (χ0n) is 14.6. The Kier molecular flexibility index (Phi) is 7.50. The predicted octanol–water partition coefficient (Wildman–Crippen LogP) is 2.78. The number of benzene rings is 1. The maximum atomic E-state index is 12.1. The Labute approximate surface area is 147 Å². The summed E-state index contributed by atoms with van der Waals surface area (Å²) in [6.45, 7) is 5.64. The minimum atomic E-state index is -3.69. The van der Waals surface area contributed by atoms with Crippen LogP contribution in [0.4, 0.5) is 5.69 Å². The van der Waals surface area contributed by atoms with Gasteiger partial charge in [0.2, 0.25) is 10.0 Å². The summed E-state index contributed by atoms with van der Waals surface area (Å²) >= 11 is 0. The van der Waals surface area contributed by atoms with E-state index in [-0.39, 0.29) is 23.1 Å². The van der Waals surface area contributed by atoms with Crippen LogP contribution in [0.5, 0.6) is 0 Å². The molecule has 0 amide bonds. The van der Waals surface area contributed by atoms with Crippen molar-refractivity contribution < 1.29 is 22.9 Å². The third-order valence-electron chi connectivity index (χ3n) is 3.13. The van der Waals surface area contributed by atoms with E-state index in [1.807, 2.05) is 0 Å². The molecule has 0 radical (unpaired) electrons. The van der Waals surface area contributed by atoms with Crippen molar-refractivity contribution in [3.63, 3.8) is 0 Å². The molecule has 0 unspecified atom stereocenters. The Morgan fingerprint density at radius 3 is 2.28 bits per heavy atom. The van der Waals surface area contributed by atoms with E-state index in [9.17, 15) is 23.3 Å². The summed E-state index contributed by atoms with van der Waals surface area (Å²) in [4.78, 5) is 21.5. The van der Waals surface area contributed by atoms with Crippen LogP contribution in [0, 0.1) is 10.1 Å². The van der Waals surface area contributed by atoms with Crippen molar-refractivity contribution in [2.75, 3.05) is 6.54 Å². The van der Waals surface area contributed by atoms with Gasteiger partial charge in [-0.1, -0.05) is 6.42 Å². The van der Waals surface area contributed by atoms with Crippen molar-refractivity contribution in [2.45, 2.75) is 57.0 Å². The van der Waals surface area contributed by atoms with Crippen molar-refractivity contribution in [3.05, 3.63) is 34.4 Å². The standard InChI is InChI=1S/C16H24N2O6S/c1-16(2,3)24-15(19)7-5-4-6-12-17-25(22,23)14-10-8-13(9-11-14)18(20)21/h8-11,17H,4-7,12H2,1-3H3. The molecule has 0 atom stereocenters. The van der Waals surface area contributed by atoms with E-state index < -0.39 is 20.5 Å². The van der Waals surface area contributed by atoms with E-state index in [2.05, 4.69) is 4.72 Å². The molecule has 25 heavy (non-hydrogen) atoms. The zero-order valence-corrected chi connectivity index (χ0v) is 15.5. The first kappa shape index (κ1) is 21.0. The molecule has 0 aliphatic heterocycles. The highest BCUT2D eigenvalue weighted by atomic mass is 32.2. The van der Waals surface area contributed by atoms with Gasteiger partial charge in [0.25, 0.3) is 5.69 Å². The quantitative estimate of drug-likeness (QED) is 0.308. The molecule has 1 aromatic carbocycles. The van der Waals surface area contributed by atoms with Gasteiger partial charge in [0.15, 0.2) is 0 Å². The lowest BCUT2D eigenvalue weighted by Crippen LogP contribution is -2.25. The third kappa shape index (κ3) is 8.08. The molecule has 1 rings (SSSR count). The lowest BCUT2D eigenvalue weighted by Gasteiger charge is -2.19. The van der Waals surface area contributed by atoms with Gasteiger partial charge in [-0.05, 0) is 45.7 Å². The molecule has 0 aliphatic rings. The Morgan fingerprint density at radius 2 is 1.76 bits per heavy atom. The van der Waals surface area contributed by atoms with Crippen LogP contribution < -0.4 is 4.72 Å². The highest BCUT2D eigenvalue weighted by molar-refractivity contribution is 7.89. The molecule has 1 N–H and O–H groups in total. The number of unbranched alkanes of at least 4 members (excludes halogenated alkanes) is 2. The maximum Gasteiger partial charge on any atom is 0.306 e. The average molecular weight is 372 g/mol. The predicted molar refractivity (Wildman–Crippen MR) is 92.6 cm³/mol. The molecule has 0 aromatic heterocycles. The maximum absolute atomic E-state index is 12.1. The summed E-state index contributed by atoms with van der Waals surface area (Å²) in [5, 5.41) is 10.6. The van der Waals surface area contributed by atoms with Crippen molar-refractivity contribution in [1.82, 2.24) is 4.72 Å². The number of carbonyl (C=O) groups excluding carboxylic acids is 1. The summed E-state index contributed by atoms with van der Waals surface area (Å²) in [6, 6.07) is 4.69. The molecule has 0 heterocycles. The Bertz CT molecular complexity index is 692. The van der Waals surface area contributed by atoms with Crippen LogP contribution >= 0.6 is 0 Å². The van der Waals surface area contributed by atoms with E-state index in [4.69, 9.17) is 4.74 Å². The number of rotatable bonds is 9. The van der Waals surface area contributed by atoms with Crippen LogP contribution in [0.15, 0.2) is 29.2 Å². The molecule has 0 saturated heterocycles. The van der Waals surface area contributed by atoms with Gasteiger partial charge >= 0.3 is 5.97 Å². The molecule has 0 aliphatic carbocycles. The zero-order chi connectivity index (χ0) is 19.1. The van der Waals surface area contributed by atoms with E-state index in [0.29, 0.717) is 25.7 Å². The summed E-state index contributed by atoms with van der Waals surface area (Å²) < 4.78 is 31.7. The van der Waals surface area contributed by atoms with Crippen LogP contribution in [-0.2, 0) is 19.6 Å². The molecule has 140 valence electrons. The number of esters is 1. The van der Waals surface area contributed by atoms with Crippen molar-refractivity contribution in [3.8, 4) is 0 Å². The fourth-order valence-corrected chi connectivity index (χ4v) is 3.07. The molecular weight excluding hydrogens is 348 g/mol. The summed E-state index contributed by atoms with van der Waals surface area (Å²) in [5.41, 5.74) is -0.668. The van der Waals surface area contributed by atoms with Crippen LogP contribution in [-0.4, -0.2) is 31.5 Å². The molecule has 0 spiro atoms. The van der Waals surface area contributed by atoms with Crippen LogP contribution in [0.3, 0.4) is 0 Å². The normalized spacial score (nSPS) is 12.0. The molecule has 1 aromatic rings. The van der Waals surface area contributed by atoms with Gasteiger partial charge in [-0.15, -0.1) is 0 Å². The Balaban J connectivity index is 2.33. The number of nitro groups is 1. The minimum Gasteiger partial charge on any atom is -0.460 e. The van der Waals surface area contributed by atoms with Gasteiger partial charge in [0.1, 0.15) is 5.60 Å². The summed E-state index contributed by atoms with van der Waals surface area (Å²) in [5.74, 6) is -0.265. The van der Waals surface area contributed by atoms with Gasteiger partial charge in [-0.25, -0.2) is 13.1 Å². The number of sulfonamides is 1.